The highest BCUT2D eigenvalue weighted by Crippen LogP contribution is 2.04. The Kier molecular flexibility index (Phi) is 8.73. The largest absolute Gasteiger partial charge is 0.463 e. The maximum absolute atomic E-state index is 10.5. The molecule has 0 fully saturated rings. The van der Waals surface area contributed by atoms with E-state index >= 15 is 0 Å². The van der Waals surface area contributed by atoms with Gasteiger partial charge in [-0.2, -0.15) is 0 Å². The van der Waals surface area contributed by atoms with Gasteiger partial charge < -0.3 is 4.74 Å². The first-order chi connectivity index (χ1) is 6.31. The van der Waals surface area contributed by atoms with E-state index in [4.69, 9.17) is 11.3 Å². The lowest BCUT2D eigenvalue weighted by atomic mass is 10.1. The lowest BCUT2D eigenvalue weighted by molar-refractivity contribution is -0.137. The summed E-state index contributed by atoms with van der Waals surface area (Å²) in [5.74, 6) is -0.423. The molecule has 0 bridgehead atoms. The molecule has 0 aliphatic heterocycles. The Morgan fingerprint density at radius 3 is 2.46 bits per heavy atom. The summed E-state index contributed by atoms with van der Waals surface area (Å²) in [4.78, 5) is 10.5. The minimum absolute atomic E-state index is 0.423. The number of carbonyl (C=O) groups excluding carboxylic acids is 1. The van der Waals surface area contributed by atoms with Crippen molar-refractivity contribution in [2.75, 3.05) is 6.61 Å². The number of hydrogen-bond donors (Lipinski definition) is 0. The van der Waals surface area contributed by atoms with Crippen LogP contribution >= 0.6 is 0 Å². The van der Waals surface area contributed by atoms with E-state index in [9.17, 15) is 4.79 Å². The molecular weight excluding hydrogens is 164 g/mol. The monoisotopic (exact) mass is 183 g/mol. The van der Waals surface area contributed by atoms with Crippen molar-refractivity contribution in [3.8, 4) is 0 Å². The predicted octanol–water partition coefficient (Wildman–Crippen LogP) is 2.88. The summed E-state index contributed by atoms with van der Waals surface area (Å²) in [6.07, 6.45) is 8.12. The molecule has 0 amide bonds. The molecule has 0 aliphatic carbocycles. The molecule has 0 aromatic heterocycles. The van der Waals surface area contributed by atoms with Crippen LogP contribution in [0.3, 0.4) is 0 Å². The SMILES string of the molecule is [CH]=CC(=O)OCCCCCCCC. The van der Waals surface area contributed by atoms with E-state index in [0.717, 1.165) is 18.9 Å². The zero-order valence-electron chi connectivity index (χ0n) is 8.42. The number of ether oxygens (including phenoxy) is 1. The number of hydrogen-bond acceptors (Lipinski definition) is 2. The topological polar surface area (TPSA) is 26.3 Å². The van der Waals surface area contributed by atoms with Gasteiger partial charge in [-0.05, 0) is 6.42 Å². The first kappa shape index (κ1) is 12.2. The Labute approximate surface area is 81.0 Å². The molecule has 13 heavy (non-hydrogen) atoms. The molecule has 2 heteroatoms. The molecule has 0 unspecified atom stereocenters. The van der Waals surface area contributed by atoms with Crippen LogP contribution in [0.2, 0.25) is 0 Å². The second-order valence-electron chi connectivity index (χ2n) is 3.10. The predicted molar refractivity (Wildman–Crippen MR) is 53.2 cm³/mol. The van der Waals surface area contributed by atoms with Crippen molar-refractivity contribution in [2.45, 2.75) is 45.4 Å². The Bertz CT molecular complexity index is 141. The van der Waals surface area contributed by atoms with Crippen molar-refractivity contribution < 1.29 is 9.53 Å². The Morgan fingerprint density at radius 1 is 1.23 bits per heavy atom. The summed E-state index contributed by atoms with van der Waals surface area (Å²) in [6.45, 7) is 7.64. The molecular formula is C11H19O2. The van der Waals surface area contributed by atoms with E-state index in [0.29, 0.717) is 6.61 Å². The zero-order valence-corrected chi connectivity index (χ0v) is 8.42. The van der Waals surface area contributed by atoms with Crippen molar-refractivity contribution in [1.29, 1.82) is 0 Å². The summed E-state index contributed by atoms with van der Waals surface area (Å²) in [5.41, 5.74) is 0. The van der Waals surface area contributed by atoms with E-state index < -0.39 is 5.97 Å². The average Bonchev–Trinajstić information content (AvgIpc) is 2.16. The van der Waals surface area contributed by atoms with Gasteiger partial charge in [-0.25, -0.2) is 4.79 Å². The van der Waals surface area contributed by atoms with Gasteiger partial charge in [-0.15, -0.1) is 0 Å². The van der Waals surface area contributed by atoms with E-state index in [1.54, 1.807) is 0 Å². The van der Waals surface area contributed by atoms with Crippen molar-refractivity contribution in [3.63, 3.8) is 0 Å². The lowest BCUT2D eigenvalue weighted by Gasteiger charge is -2.01. The minimum atomic E-state index is -0.423. The molecule has 1 radical (unpaired) electrons. The molecule has 0 N–H and O–H groups in total. The smallest absolute Gasteiger partial charge is 0.330 e. The molecule has 0 saturated carbocycles. The average molecular weight is 183 g/mol. The van der Waals surface area contributed by atoms with E-state index in [1.807, 2.05) is 0 Å². The summed E-state index contributed by atoms with van der Waals surface area (Å²) >= 11 is 0. The third kappa shape index (κ3) is 9.12. The van der Waals surface area contributed by atoms with Crippen molar-refractivity contribution >= 4 is 5.97 Å². The maximum Gasteiger partial charge on any atom is 0.330 e. The highest BCUT2D eigenvalue weighted by molar-refractivity contribution is 5.80. The third-order valence-electron chi connectivity index (χ3n) is 1.88. The Morgan fingerprint density at radius 2 is 1.85 bits per heavy atom. The molecule has 0 atom stereocenters. The van der Waals surface area contributed by atoms with Crippen LogP contribution in [0.1, 0.15) is 45.4 Å². The van der Waals surface area contributed by atoms with Gasteiger partial charge in [0.25, 0.3) is 0 Å². The zero-order chi connectivity index (χ0) is 9.94. The van der Waals surface area contributed by atoms with Gasteiger partial charge in [0.1, 0.15) is 0 Å². The third-order valence-corrected chi connectivity index (χ3v) is 1.88. The van der Waals surface area contributed by atoms with Gasteiger partial charge >= 0.3 is 5.97 Å². The van der Waals surface area contributed by atoms with E-state index in [-0.39, 0.29) is 0 Å². The number of rotatable bonds is 8. The lowest BCUT2D eigenvalue weighted by Crippen LogP contribution is -2.01. The van der Waals surface area contributed by atoms with Crippen molar-refractivity contribution in [1.82, 2.24) is 0 Å². The number of esters is 1. The molecule has 0 aliphatic rings. The van der Waals surface area contributed by atoms with Gasteiger partial charge in [-0.1, -0.05) is 45.6 Å². The molecule has 0 aromatic carbocycles. The van der Waals surface area contributed by atoms with Gasteiger partial charge in [0.05, 0.1) is 6.61 Å². The highest BCUT2D eigenvalue weighted by Gasteiger charge is 1.94. The summed E-state index contributed by atoms with van der Waals surface area (Å²) < 4.78 is 4.78. The van der Waals surface area contributed by atoms with E-state index in [2.05, 4.69) is 6.92 Å². The van der Waals surface area contributed by atoms with Crippen LogP contribution in [0.4, 0.5) is 0 Å². The van der Waals surface area contributed by atoms with Crippen LogP contribution in [0.5, 0.6) is 0 Å². The molecule has 0 saturated heterocycles. The van der Waals surface area contributed by atoms with Crippen LogP contribution in [-0.4, -0.2) is 12.6 Å². The standard InChI is InChI=1S/C11H19O2/c1-3-5-6-7-8-9-10-13-11(12)4-2/h2,4H,3,5-10H2,1H3. The molecule has 75 valence electrons. The van der Waals surface area contributed by atoms with Gasteiger partial charge in [-0.3, -0.25) is 0 Å². The van der Waals surface area contributed by atoms with Crippen molar-refractivity contribution in [3.05, 3.63) is 12.7 Å². The van der Waals surface area contributed by atoms with Crippen LogP contribution in [0.25, 0.3) is 0 Å². The first-order valence-electron chi connectivity index (χ1n) is 5.03. The second kappa shape index (κ2) is 9.30. The fourth-order valence-corrected chi connectivity index (χ4v) is 1.10. The summed E-state index contributed by atoms with van der Waals surface area (Å²) in [5, 5.41) is 0. The number of carbonyl (C=O) groups is 1. The van der Waals surface area contributed by atoms with E-state index in [1.165, 1.54) is 25.7 Å². The van der Waals surface area contributed by atoms with Crippen LogP contribution in [0, 0.1) is 6.58 Å². The van der Waals surface area contributed by atoms with Gasteiger partial charge in [0.15, 0.2) is 0 Å². The molecule has 0 heterocycles. The first-order valence-corrected chi connectivity index (χ1v) is 5.03. The van der Waals surface area contributed by atoms with Gasteiger partial charge in [0, 0.05) is 6.08 Å². The quantitative estimate of drug-likeness (QED) is 0.328. The fraction of sp³-hybridized carbons (Fsp3) is 0.727. The highest BCUT2D eigenvalue weighted by atomic mass is 16.5. The van der Waals surface area contributed by atoms with Gasteiger partial charge in [0.2, 0.25) is 0 Å². The summed E-state index contributed by atoms with van der Waals surface area (Å²) in [7, 11) is 0. The Balaban J connectivity index is 2.99. The molecule has 2 nitrogen and oxygen atoms in total. The second-order valence-corrected chi connectivity index (χ2v) is 3.10. The molecule has 0 rings (SSSR count). The minimum Gasteiger partial charge on any atom is -0.463 e. The Hall–Kier alpha value is -0.790. The van der Waals surface area contributed by atoms with Crippen molar-refractivity contribution in [2.24, 2.45) is 0 Å². The maximum atomic E-state index is 10.5. The summed E-state index contributed by atoms with van der Waals surface area (Å²) in [6, 6.07) is 0. The van der Waals surface area contributed by atoms with Crippen LogP contribution in [0.15, 0.2) is 6.08 Å². The van der Waals surface area contributed by atoms with Crippen LogP contribution < -0.4 is 0 Å². The normalized spacial score (nSPS) is 9.62. The fourth-order valence-electron chi connectivity index (χ4n) is 1.10. The molecule has 0 aromatic rings. The molecule has 0 spiro atoms. The number of unbranched alkanes of at least 4 members (excludes halogenated alkanes) is 5. The van der Waals surface area contributed by atoms with Crippen LogP contribution in [-0.2, 0) is 9.53 Å².